The lowest BCUT2D eigenvalue weighted by atomic mass is 10.1. The number of ether oxygens (including phenoxy) is 1. The first kappa shape index (κ1) is 34.6. The number of fused-ring (bicyclic) bond motifs is 1. The Morgan fingerprint density at radius 3 is 2.02 bits per heavy atom. The van der Waals surface area contributed by atoms with Crippen LogP contribution in [0.25, 0.3) is 0 Å². The van der Waals surface area contributed by atoms with Crippen LogP contribution in [0.15, 0.2) is 146 Å². The Labute approximate surface area is 282 Å². The number of para-hydroxylation sites is 1. The second-order valence-electron chi connectivity index (χ2n) is 9.85. The van der Waals surface area contributed by atoms with E-state index in [0.29, 0.717) is 18.8 Å². The van der Waals surface area contributed by atoms with Gasteiger partial charge < -0.3 is 4.74 Å². The zero-order valence-electron chi connectivity index (χ0n) is 25.4. The number of carbonyl (C=O) groups is 2. The molecule has 6 rings (SSSR count). The van der Waals surface area contributed by atoms with Gasteiger partial charge in [0.1, 0.15) is 12.3 Å². The molecule has 0 amide bonds. The van der Waals surface area contributed by atoms with Crippen molar-refractivity contribution in [1.82, 2.24) is 9.78 Å². The molecule has 7 nitrogen and oxygen atoms in total. The van der Waals surface area contributed by atoms with Crippen molar-refractivity contribution >= 4 is 59.4 Å². The number of aromatic amines is 1. The quantitative estimate of drug-likeness (QED) is 0.0718. The van der Waals surface area contributed by atoms with Crippen LogP contribution in [0, 0.1) is 0 Å². The van der Waals surface area contributed by atoms with Crippen molar-refractivity contribution in [3.8, 4) is 0 Å². The summed E-state index contributed by atoms with van der Waals surface area (Å²) in [7, 11) is 0. The van der Waals surface area contributed by atoms with E-state index in [4.69, 9.17) is 4.74 Å². The summed E-state index contributed by atoms with van der Waals surface area (Å²) in [6, 6.07) is 39.2. The first-order valence-electron chi connectivity index (χ1n) is 14.6. The van der Waals surface area contributed by atoms with Gasteiger partial charge >= 0.3 is 5.97 Å². The monoisotopic (exact) mass is 669 g/mol. The molecule has 5 aromatic rings. The molecule has 46 heavy (non-hydrogen) atoms. The number of nitrogens with zero attached hydrogens (tertiary/aromatic N) is 2. The Kier molecular flexibility index (Phi) is 14.0. The van der Waals surface area contributed by atoms with Crippen LogP contribution in [0.4, 0.5) is 5.69 Å². The molecule has 0 radical (unpaired) electrons. The highest BCUT2D eigenvalue weighted by atomic mass is 32.2. The first-order chi connectivity index (χ1) is 22.4. The Morgan fingerprint density at radius 2 is 1.43 bits per heavy atom. The van der Waals surface area contributed by atoms with Crippen LogP contribution < -0.4 is 5.56 Å². The number of rotatable bonds is 9. The molecule has 0 saturated carbocycles. The van der Waals surface area contributed by atoms with Crippen LogP contribution in [0.5, 0.6) is 0 Å². The summed E-state index contributed by atoms with van der Waals surface area (Å²) in [5.41, 5.74) is 2.95. The Balaban J connectivity index is 0.000000181. The number of esters is 1. The van der Waals surface area contributed by atoms with Crippen molar-refractivity contribution in [2.75, 3.05) is 12.4 Å². The minimum atomic E-state index is -0.443. The molecule has 0 unspecified atom stereocenters. The maximum atomic E-state index is 12.2. The van der Waals surface area contributed by atoms with E-state index in [1.807, 2.05) is 103 Å². The molecule has 236 valence electrons. The van der Waals surface area contributed by atoms with Gasteiger partial charge in [0.2, 0.25) is 0 Å². The van der Waals surface area contributed by atoms with Crippen molar-refractivity contribution in [2.45, 2.75) is 40.2 Å². The summed E-state index contributed by atoms with van der Waals surface area (Å²) in [6.45, 7) is 2.04. The lowest BCUT2D eigenvalue weighted by Crippen LogP contribution is -2.24. The van der Waals surface area contributed by atoms with Crippen molar-refractivity contribution in [2.24, 2.45) is 4.99 Å². The molecule has 1 aliphatic heterocycles. The fourth-order valence-corrected chi connectivity index (χ4v) is 5.94. The van der Waals surface area contributed by atoms with E-state index in [-0.39, 0.29) is 17.8 Å². The molecule has 1 aromatic heterocycles. The van der Waals surface area contributed by atoms with E-state index >= 15 is 0 Å². The summed E-state index contributed by atoms with van der Waals surface area (Å²) in [6.07, 6.45) is 0.551. The minimum Gasteiger partial charge on any atom is -0.466 e. The highest BCUT2D eigenvalue weighted by Gasteiger charge is 2.18. The fraction of sp³-hybridized carbons (Fsp3) is 0.167. The highest BCUT2D eigenvalue weighted by molar-refractivity contribution is 8.00. The molecule has 0 atom stereocenters. The van der Waals surface area contributed by atoms with Gasteiger partial charge in [-0.25, -0.2) is 9.67 Å². The van der Waals surface area contributed by atoms with E-state index in [9.17, 15) is 14.4 Å². The van der Waals surface area contributed by atoms with Gasteiger partial charge in [0.25, 0.3) is 5.56 Å². The predicted octanol–water partition coefficient (Wildman–Crippen LogP) is 7.88. The molecule has 0 bridgehead atoms. The molecule has 0 spiro atoms. The van der Waals surface area contributed by atoms with Gasteiger partial charge in [-0.05, 0) is 55.0 Å². The zero-order valence-corrected chi connectivity index (χ0v) is 27.9. The van der Waals surface area contributed by atoms with Gasteiger partial charge in [-0.15, -0.1) is 36.2 Å². The van der Waals surface area contributed by atoms with E-state index in [1.54, 1.807) is 29.4 Å². The minimum absolute atomic E-state index is 0.0554. The first-order valence-corrected chi connectivity index (χ1v) is 17.1. The third-order valence-electron chi connectivity index (χ3n) is 6.30. The molecule has 4 aromatic carbocycles. The van der Waals surface area contributed by atoms with Crippen LogP contribution >= 0.6 is 36.2 Å². The van der Waals surface area contributed by atoms with Crippen LogP contribution in [-0.4, -0.2) is 39.7 Å². The maximum absolute atomic E-state index is 12.2. The van der Waals surface area contributed by atoms with Gasteiger partial charge in [0.05, 0.1) is 18.0 Å². The standard InChI is InChI=1S/C18H15N3OS.C12H14O3S.C6H6S/c22-18-11-14(12-23-15-7-2-1-3-8-15)20-21(18)17-10-13-6-4-5-9-16(13)19-17;1-2-15-12(14)8-10(13)9-16-11-6-4-3-5-7-11;7-6-4-2-1-3-5-6/h1-9,11,20H,10,12H2;3-7H,2,8-9H2,1H3;1-5,7H. The number of nitrogens with one attached hydrogen (secondary N) is 1. The average molecular weight is 670 g/mol. The van der Waals surface area contributed by atoms with Crippen LogP contribution in [0.1, 0.15) is 24.6 Å². The normalized spacial score (nSPS) is 11.2. The van der Waals surface area contributed by atoms with E-state index < -0.39 is 5.97 Å². The van der Waals surface area contributed by atoms with Crippen molar-refractivity contribution < 1.29 is 14.3 Å². The average Bonchev–Trinajstić information content (AvgIpc) is 3.68. The van der Waals surface area contributed by atoms with Gasteiger partial charge in [-0.3, -0.25) is 19.5 Å². The van der Waals surface area contributed by atoms with Crippen LogP contribution in [0.2, 0.25) is 0 Å². The zero-order chi connectivity index (χ0) is 32.6. The summed E-state index contributed by atoms with van der Waals surface area (Å²) >= 11 is 7.22. The number of thioether (sulfide) groups is 2. The van der Waals surface area contributed by atoms with Crippen LogP contribution in [0.3, 0.4) is 0 Å². The molecule has 0 fully saturated rings. The molecular formula is C36H35N3O4S3. The molecule has 1 N–H and O–H groups in total. The number of benzene rings is 4. The summed E-state index contributed by atoms with van der Waals surface area (Å²) in [5.74, 6) is 1.25. The number of hydrogen-bond acceptors (Lipinski definition) is 8. The topological polar surface area (TPSA) is 93.5 Å². The van der Waals surface area contributed by atoms with E-state index in [1.165, 1.54) is 16.7 Å². The second-order valence-corrected chi connectivity index (χ2v) is 12.5. The van der Waals surface area contributed by atoms with Crippen molar-refractivity contribution in [3.63, 3.8) is 0 Å². The molecule has 2 heterocycles. The number of H-pyrrole nitrogens is 1. The number of ketones is 1. The van der Waals surface area contributed by atoms with Gasteiger partial charge in [0, 0.05) is 38.6 Å². The lowest BCUT2D eigenvalue weighted by Gasteiger charge is -2.01. The number of aliphatic imine (C=N–C) groups is 1. The van der Waals surface area contributed by atoms with Gasteiger partial charge in [-0.2, -0.15) is 0 Å². The molecule has 10 heteroatoms. The third kappa shape index (κ3) is 11.6. The SMILES string of the molecule is CCOC(=O)CC(=O)CSc1ccccc1.O=c1cc(CSc2ccccc2)[nH]n1C1=Nc2ccccc2C1.Sc1ccccc1. The Hall–Kier alpha value is -4.25. The number of aromatic nitrogens is 2. The largest absolute Gasteiger partial charge is 0.466 e. The number of thiol groups is 1. The summed E-state index contributed by atoms with van der Waals surface area (Å²) < 4.78 is 6.25. The van der Waals surface area contributed by atoms with Gasteiger partial charge in [-0.1, -0.05) is 72.8 Å². The highest BCUT2D eigenvalue weighted by Crippen LogP contribution is 2.26. The Bertz CT molecular complexity index is 1770. The molecule has 0 saturated heterocycles. The predicted molar refractivity (Wildman–Crippen MR) is 191 cm³/mol. The smallest absolute Gasteiger partial charge is 0.313 e. The number of hydrogen-bond donors (Lipinski definition) is 2. The third-order valence-corrected chi connectivity index (χ3v) is 8.74. The molecule has 0 aliphatic carbocycles. The van der Waals surface area contributed by atoms with Crippen molar-refractivity contribution in [3.05, 3.63) is 143 Å². The molecule has 1 aliphatic rings. The van der Waals surface area contributed by atoms with Gasteiger partial charge in [0.15, 0.2) is 5.78 Å². The van der Waals surface area contributed by atoms with Crippen LogP contribution in [-0.2, 0) is 26.5 Å². The summed E-state index contributed by atoms with van der Waals surface area (Å²) in [4.78, 5) is 42.4. The molecular weight excluding hydrogens is 635 g/mol. The summed E-state index contributed by atoms with van der Waals surface area (Å²) in [5, 5.41) is 3.18. The second kappa shape index (κ2) is 18.7. The van der Waals surface area contributed by atoms with Crippen molar-refractivity contribution in [1.29, 1.82) is 0 Å². The fourth-order valence-electron chi connectivity index (χ4n) is 4.17. The van der Waals surface area contributed by atoms with E-state index in [2.05, 4.69) is 34.9 Å². The number of carbonyl (C=O) groups excluding carboxylic acids is 2. The Morgan fingerprint density at radius 1 is 0.848 bits per heavy atom. The number of Topliss-reactive ketones (excluding diaryl/α,β-unsaturated/α-hetero) is 1. The lowest BCUT2D eigenvalue weighted by molar-refractivity contribution is -0.145. The van der Waals surface area contributed by atoms with E-state index in [0.717, 1.165) is 38.3 Å². The maximum Gasteiger partial charge on any atom is 0.313 e.